The lowest BCUT2D eigenvalue weighted by atomic mass is 9.61. The van der Waals surface area contributed by atoms with Crippen LogP contribution in [0.25, 0.3) is 11.1 Å². The lowest BCUT2D eigenvalue weighted by Gasteiger charge is -2.43. The van der Waals surface area contributed by atoms with Gasteiger partial charge in [-0.05, 0) is 79.8 Å². The predicted molar refractivity (Wildman–Crippen MR) is 193 cm³/mol. The topological polar surface area (TPSA) is 3.24 Å². The van der Waals surface area contributed by atoms with Gasteiger partial charge in [-0.3, -0.25) is 0 Å². The molecule has 9 rings (SSSR count). The molecule has 0 saturated heterocycles. The Kier molecular flexibility index (Phi) is 5.42. The molecule has 0 saturated carbocycles. The highest BCUT2D eigenvalue weighted by molar-refractivity contribution is 5.91. The summed E-state index contributed by atoms with van der Waals surface area (Å²) >= 11 is 0. The highest BCUT2D eigenvalue weighted by Gasteiger charge is 2.61. The maximum absolute atomic E-state index is 2.55. The van der Waals surface area contributed by atoms with Gasteiger partial charge in [0.25, 0.3) is 0 Å². The standard InChI is InChI=1S/C45H41N/c1-42(2,3)29-22-24-31-32-25-23-30(46-39-19-11-9-17-35(39)43(4,5)36-18-10-12-20-40(36)46)28-38(32)45(37(31)27-29)34-16-8-7-15-33(34)44(6)26-14-13-21-41(44)45/h7-28,41H,1-6H3. The number of hydrogen-bond acceptors (Lipinski definition) is 1. The van der Waals surface area contributed by atoms with Crippen molar-refractivity contribution in [3.05, 3.63) is 172 Å². The van der Waals surface area contributed by atoms with Crippen molar-refractivity contribution in [2.24, 2.45) is 5.92 Å². The van der Waals surface area contributed by atoms with Gasteiger partial charge in [0, 0.05) is 22.4 Å². The summed E-state index contributed by atoms with van der Waals surface area (Å²) in [6.07, 6.45) is 9.51. The summed E-state index contributed by atoms with van der Waals surface area (Å²) in [6.45, 7) is 14.2. The van der Waals surface area contributed by atoms with Crippen LogP contribution in [0.15, 0.2) is 133 Å². The van der Waals surface area contributed by atoms with Crippen LogP contribution in [0.5, 0.6) is 0 Å². The number of hydrogen-bond donors (Lipinski definition) is 0. The Labute approximate surface area is 273 Å². The third-order valence-electron chi connectivity index (χ3n) is 11.8. The van der Waals surface area contributed by atoms with Gasteiger partial charge < -0.3 is 4.90 Å². The Hall–Kier alpha value is -4.62. The minimum atomic E-state index is -0.303. The summed E-state index contributed by atoms with van der Waals surface area (Å²) < 4.78 is 0. The molecule has 0 amide bonds. The van der Waals surface area contributed by atoms with Crippen molar-refractivity contribution < 1.29 is 0 Å². The second-order valence-electron chi connectivity index (χ2n) is 15.6. The summed E-state index contributed by atoms with van der Waals surface area (Å²) in [6, 6.07) is 41.9. The van der Waals surface area contributed by atoms with Gasteiger partial charge in [-0.2, -0.15) is 0 Å². The van der Waals surface area contributed by atoms with Crippen molar-refractivity contribution in [2.75, 3.05) is 4.90 Å². The molecule has 0 fully saturated rings. The summed E-state index contributed by atoms with van der Waals surface area (Å²) in [5, 5.41) is 0. The second-order valence-corrected chi connectivity index (χ2v) is 15.6. The number of allylic oxidation sites excluding steroid dienone is 4. The third-order valence-corrected chi connectivity index (χ3v) is 11.8. The first-order valence-corrected chi connectivity index (χ1v) is 16.8. The summed E-state index contributed by atoms with van der Waals surface area (Å²) in [5.74, 6) is 0.257. The van der Waals surface area contributed by atoms with E-state index in [2.05, 4.69) is 180 Å². The Bertz CT molecular complexity index is 2100. The molecule has 1 spiro atoms. The van der Waals surface area contributed by atoms with Crippen LogP contribution in [-0.4, -0.2) is 0 Å². The first-order chi connectivity index (χ1) is 22.1. The minimum Gasteiger partial charge on any atom is -0.310 e. The summed E-state index contributed by atoms with van der Waals surface area (Å²) in [5.41, 5.74) is 15.9. The van der Waals surface area contributed by atoms with Crippen LogP contribution in [0.2, 0.25) is 0 Å². The molecule has 46 heavy (non-hydrogen) atoms. The number of fused-ring (bicyclic) bond motifs is 12. The van der Waals surface area contributed by atoms with E-state index >= 15 is 0 Å². The molecule has 3 aliphatic carbocycles. The number of benzene rings is 5. The quantitative estimate of drug-likeness (QED) is 0.186. The molecule has 1 nitrogen and oxygen atoms in total. The predicted octanol–water partition coefficient (Wildman–Crippen LogP) is 11.4. The van der Waals surface area contributed by atoms with Crippen molar-refractivity contribution in [2.45, 2.75) is 63.2 Å². The molecule has 0 bridgehead atoms. The Morgan fingerprint density at radius 1 is 0.565 bits per heavy atom. The van der Waals surface area contributed by atoms with Crippen molar-refractivity contribution in [1.82, 2.24) is 0 Å². The fourth-order valence-corrected chi connectivity index (χ4v) is 9.57. The lowest BCUT2D eigenvalue weighted by molar-refractivity contribution is 0.371. The van der Waals surface area contributed by atoms with Gasteiger partial charge in [0.15, 0.2) is 0 Å². The largest absolute Gasteiger partial charge is 0.310 e. The number of nitrogens with zero attached hydrogens (tertiary/aromatic N) is 1. The van der Waals surface area contributed by atoms with Gasteiger partial charge >= 0.3 is 0 Å². The first kappa shape index (κ1) is 27.7. The number of rotatable bonds is 1. The Morgan fingerprint density at radius 2 is 1.13 bits per heavy atom. The molecule has 5 aromatic rings. The van der Waals surface area contributed by atoms with Crippen LogP contribution in [0.4, 0.5) is 17.1 Å². The van der Waals surface area contributed by atoms with E-state index < -0.39 is 0 Å². The molecule has 0 radical (unpaired) electrons. The second kappa shape index (κ2) is 9.01. The van der Waals surface area contributed by atoms with E-state index in [1.54, 1.807) is 0 Å². The lowest BCUT2D eigenvalue weighted by Crippen LogP contribution is -2.39. The maximum atomic E-state index is 2.55. The van der Waals surface area contributed by atoms with Gasteiger partial charge in [0.1, 0.15) is 0 Å². The van der Waals surface area contributed by atoms with Crippen LogP contribution in [0, 0.1) is 5.92 Å². The smallest absolute Gasteiger partial charge is 0.0541 e. The number of para-hydroxylation sites is 2. The van der Waals surface area contributed by atoms with Crippen LogP contribution < -0.4 is 4.90 Å². The van der Waals surface area contributed by atoms with Gasteiger partial charge in [-0.15, -0.1) is 0 Å². The van der Waals surface area contributed by atoms with Crippen LogP contribution in [-0.2, 0) is 21.7 Å². The first-order valence-electron chi connectivity index (χ1n) is 16.8. The van der Waals surface area contributed by atoms with Crippen LogP contribution >= 0.6 is 0 Å². The Morgan fingerprint density at radius 3 is 1.78 bits per heavy atom. The van der Waals surface area contributed by atoms with E-state index in [-0.39, 0.29) is 27.6 Å². The van der Waals surface area contributed by atoms with Crippen molar-refractivity contribution in [3.63, 3.8) is 0 Å². The molecule has 3 atom stereocenters. The molecule has 5 aromatic carbocycles. The molecule has 0 aromatic heterocycles. The zero-order valence-electron chi connectivity index (χ0n) is 27.7. The van der Waals surface area contributed by atoms with E-state index in [1.807, 2.05) is 0 Å². The normalized spacial score (nSPS) is 24.2. The van der Waals surface area contributed by atoms with Gasteiger partial charge in [-0.1, -0.05) is 151 Å². The van der Waals surface area contributed by atoms with E-state index in [1.165, 1.54) is 67.1 Å². The Balaban J connectivity index is 1.37. The van der Waals surface area contributed by atoms with Crippen molar-refractivity contribution >= 4 is 17.1 Å². The molecule has 4 aliphatic rings. The monoisotopic (exact) mass is 595 g/mol. The van der Waals surface area contributed by atoms with E-state index in [0.29, 0.717) is 0 Å². The molecule has 1 heterocycles. The van der Waals surface area contributed by atoms with Crippen molar-refractivity contribution in [3.8, 4) is 11.1 Å². The SMILES string of the molecule is CC(C)(C)c1ccc2c(c1)C1(c3cc(N4c5ccccc5C(C)(C)c5ccccc54)ccc3-2)c2ccccc2C2(C)C=CC=CC21. The highest BCUT2D eigenvalue weighted by Crippen LogP contribution is 2.68. The zero-order valence-corrected chi connectivity index (χ0v) is 27.7. The number of anilines is 3. The van der Waals surface area contributed by atoms with Gasteiger partial charge in [-0.25, -0.2) is 0 Å². The molecular weight excluding hydrogens is 555 g/mol. The fraction of sp³-hybridized carbons (Fsp3) is 0.244. The molecule has 1 aliphatic heterocycles. The van der Waals surface area contributed by atoms with Crippen LogP contribution in [0.1, 0.15) is 80.5 Å². The molecule has 0 N–H and O–H groups in total. The van der Waals surface area contributed by atoms with Gasteiger partial charge in [0.2, 0.25) is 0 Å². The van der Waals surface area contributed by atoms with E-state index in [4.69, 9.17) is 0 Å². The van der Waals surface area contributed by atoms with E-state index in [9.17, 15) is 0 Å². The van der Waals surface area contributed by atoms with Crippen LogP contribution in [0.3, 0.4) is 0 Å². The van der Waals surface area contributed by atoms with Crippen molar-refractivity contribution in [1.29, 1.82) is 0 Å². The molecule has 226 valence electrons. The van der Waals surface area contributed by atoms with Gasteiger partial charge in [0.05, 0.1) is 16.8 Å². The highest BCUT2D eigenvalue weighted by atomic mass is 15.2. The van der Waals surface area contributed by atoms with E-state index in [0.717, 1.165) is 0 Å². The molecule has 3 unspecified atom stereocenters. The average molecular weight is 596 g/mol. The average Bonchev–Trinajstić information content (AvgIpc) is 3.47. The minimum absolute atomic E-state index is 0.0495. The zero-order chi connectivity index (χ0) is 31.6. The molecular formula is C45H41N. The summed E-state index contributed by atoms with van der Waals surface area (Å²) in [7, 11) is 0. The maximum Gasteiger partial charge on any atom is 0.0541 e. The summed E-state index contributed by atoms with van der Waals surface area (Å²) in [4.78, 5) is 2.52. The fourth-order valence-electron chi connectivity index (χ4n) is 9.57. The molecule has 1 heteroatoms. The third kappa shape index (κ3) is 3.31.